The maximum atomic E-state index is 8.74. The first-order valence-electron chi connectivity index (χ1n) is 0.698. The van der Waals surface area contributed by atoms with Gasteiger partial charge in [-0.25, -0.2) is 0 Å². The predicted octanol–water partition coefficient (Wildman–Crippen LogP) is 0.0115. The van der Waals surface area contributed by atoms with Crippen molar-refractivity contribution in [3.63, 3.8) is 0 Å². The van der Waals surface area contributed by atoms with Crippen LogP contribution < -0.4 is 0 Å². The van der Waals surface area contributed by atoms with Gasteiger partial charge >= 0.3 is 10.4 Å². The quantitative estimate of drug-likeness (QED) is 0.418. The van der Waals surface area contributed by atoms with Crippen molar-refractivity contribution in [2.24, 2.45) is 0 Å². The smallest absolute Gasteiger partial charge is 0.264 e. The molecule has 0 heterocycles. The van der Waals surface area contributed by atoms with Crippen molar-refractivity contribution in [3.8, 4) is 0 Å². The van der Waals surface area contributed by atoms with Gasteiger partial charge in [-0.3, -0.25) is 14.6 Å². The van der Waals surface area contributed by atoms with Gasteiger partial charge in [0, 0.05) is 19.5 Å². The maximum Gasteiger partial charge on any atom is 0.394 e. The second kappa shape index (κ2) is 11.8. The van der Waals surface area contributed by atoms with Crippen molar-refractivity contribution < 1.29 is 42.5 Å². The van der Waals surface area contributed by atoms with E-state index in [4.69, 9.17) is 17.5 Å². The molecule has 0 aliphatic rings. The second-order valence-electron chi connectivity index (χ2n) is 0.448. The third-order valence-corrected chi connectivity index (χ3v) is 0. The molecule has 5 nitrogen and oxygen atoms in total. The number of hydrogen-bond acceptors (Lipinski definition) is 2. The zero-order valence-electron chi connectivity index (χ0n) is 4.09. The molecule has 0 saturated heterocycles. The molecular formula is H5Cl2O5SZn. The minimum atomic E-state index is -4.67. The zero-order chi connectivity index (χ0) is 4.50. The van der Waals surface area contributed by atoms with E-state index in [1.807, 2.05) is 0 Å². The Morgan fingerprint density at radius 2 is 1.00 bits per heavy atom. The first-order chi connectivity index (χ1) is 2.00. The molecular weight excluding hydrogens is 248 g/mol. The van der Waals surface area contributed by atoms with E-state index < -0.39 is 10.4 Å². The number of rotatable bonds is 0. The van der Waals surface area contributed by atoms with Gasteiger partial charge in [0.2, 0.25) is 0 Å². The molecule has 9 heteroatoms. The van der Waals surface area contributed by atoms with Crippen molar-refractivity contribution in [1.29, 1.82) is 0 Å². The summed E-state index contributed by atoms with van der Waals surface area (Å²) in [5, 5.41) is 0. The Bertz CT molecular complexity index is 98.1. The molecule has 57 valence electrons. The molecule has 0 saturated carbocycles. The van der Waals surface area contributed by atoms with E-state index >= 15 is 0 Å². The van der Waals surface area contributed by atoms with Gasteiger partial charge in [-0.15, -0.1) is 24.8 Å². The first-order valence-corrected chi connectivity index (χ1v) is 2.10. The Morgan fingerprint density at radius 1 is 1.00 bits per heavy atom. The summed E-state index contributed by atoms with van der Waals surface area (Å²) in [4.78, 5) is 0. The average molecular weight is 253 g/mol. The third kappa shape index (κ3) is 418. The topological polar surface area (TPSA) is 105 Å². The van der Waals surface area contributed by atoms with E-state index in [2.05, 4.69) is 0 Å². The van der Waals surface area contributed by atoms with E-state index in [0.717, 1.165) is 0 Å². The van der Waals surface area contributed by atoms with Gasteiger partial charge in [-0.05, 0) is 0 Å². The van der Waals surface area contributed by atoms with Crippen LogP contribution in [0, 0.1) is 0 Å². The molecule has 0 atom stereocenters. The van der Waals surface area contributed by atoms with E-state index in [9.17, 15) is 0 Å². The largest absolute Gasteiger partial charge is 0.394 e. The molecule has 3 N–H and O–H groups in total. The molecule has 1 radical (unpaired) electrons. The monoisotopic (exact) mass is 251 g/mol. The van der Waals surface area contributed by atoms with Crippen molar-refractivity contribution in [2.75, 3.05) is 0 Å². The Morgan fingerprint density at radius 3 is 1.00 bits per heavy atom. The van der Waals surface area contributed by atoms with Gasteiger partial charge < -0.3 is 0 Å². The Balaban J connectivity index is -0.0000000133. The summed E-state index contributed by atoms with van der Waals surface area (Å²) < 4.78 is 31.6. The van der Waals surface area contributed by atoms with Crippen LogP contribution in [-0.2, 0) is 29.9 Å². The molecule has 0 aromatic rings. The minimum Gasteiger partial charge on any atom is -0.264 e. The van der Waals surface area contributed by atoms with Gasteiger partial charge in [0.15, 0.2) is 0 Å². The fourth-order valence-corrected chi connectivity index (χ4v) is 0. The standard InChI is InChI=1S/2ClH.H2O4S.HO.Zn/c;;1-5(2,3)4;;/h2*1H;(H2,1,2,3,4);1H;. The summed E-state index contributed by atoms with van der Waals surface area (Å²) in [6.45, 7) is 0. The van der Waals surface area contributed by atoms with Crippen LogP contribution in [0.5, 0.6) is 0 Å². The molecule has 0 spiro atoms. The molecule has 0 rings (SSSR count). The average Bonchev–Trinajstić information content (AvgIpc) is 0.722. The summed E-state index contributed by atoms with van der Waals surface area (Å²) >= 11 is 0. The summed E-state index contributed by atoms with van der Waals surface area (Å²) in [5.74, 6) is 0. The normalized spacial score (nSPS) is 6.44. The van der Waals surface area contributed by atoms with Crippen molar-refractivity contribution in [1.82, 2.24) is 0 Å². The Labute approximate surface area is 77.7 Å². The molecule has 0 aromatic heterocycles. The van der Waals surface area contributed by atoms with Crippen molar-refractivity contribution >= 4 is 35.2 Å². The van der Waals surface area contributed by atoms with Gasteiger partial charge in [0.25, 0.3) is 0 Å². The zero-order valence-corrected chi connectivity index (χ0v) is 9.51. The van der Waals surface area contributed by atoms with E-state index in [1.54, 1.807) is 0 Å². The fraction of sp³-hybridized carbons (Fsp3) is 0. The van der Waals surface area contributed by atoms with Crippen LogP contribution in [0.3, 0.4) is 0 Å². The predicted molar refractivity (Wildman–Crippen MR) is 30.6 cm³/mol. The van der Waals surface area contributed by atoms with Gasteiger partial charge in [-0.2, -0.15) is 8.42 Å². The molecule has 0 aliphatic heterocycles. The van der Waals surface area contributed by atoms with Gasteiger partial charge in [-0.1, -0.05) is 0 Å². The Kier molecular flexibility index (Phi) is 42.3. The molecule has 0 aromatic carbocycles. The first kappa shape index (κ1) is 32.3. The van der Waals surface area contributed by atoms with Gasteiger partial charge in [0.1, 0.15) is 0 Å². The second-order valence-corrected chi connectivity index (χ2v) is 1.34. The summed E-state index contributed by atoms with van der Waals surface area (Å²) in [6.07, 6.45) is 0. The van der Waals surface area contributed by atoms with Crippen LogP contribution in [0.25, 0.3) is 0 Å². The SMILES string of the molecule is Cl.Cl.O=S(=O)(O)O.[OH].[Zn]. The van der Waals surface area contributed by atoms with Gasteiger partial charge in [0.05, 0.1) is 0 Å². The fourth-order valence-electron chi connectivity index (χ4n) is 0. The summed E-state index contributed by atoms with van der Waals surface area (Å²) in [6, 6.07) is 0. The summed E-state index contributed by atoms with van der Waals surface area (Å²) in [5.41, 5.74) is 0. The van der Waals surface area contributed by atoms with Crippen LogP contribution >= 0.6 is 24.8 Å². The van der Waals surface area contributed by atoms with Crippen LogP contribution in [0.4, 0.5) is 0 Å². The van der Waals surface area contributed by atoms with Crippen molar-refractivity contribution in [2.45, 2.75) is 0 Å². The maximum absolute atomic E-state index is 8.74. The van der Waals surface area contributed by atoms with E-state index in [1.165, 1.54) is 0 Å². The molecule has 0 fully saturated rings. The van der Waals surface area contributed by atoms with E-state index in [-0.39, 0.29) is 49.8 Å². The summed E-state index contributed by atoms with van der Waals surface area (Å²) in [7, 11) is -4.67. The minimum absolute atomic E-state index is 0. The molecule has 0 bridgehead atoms. The third-order valence-electron chi connectivity index (χ3n) is 0. The number of halogens is 2. The number of hydrogen-bond donors (Lipinski definition) is 3. The van der Waals surface area contributed by atoms with Crippen molar-refractivity contribution in [3.05, 3.63) is 0 Å². The Hall–Kier alpha value is 1.03. The molecule has 9 heavy (non-hydrogen) atoms. The van der Waals surface area contributed by atoms with Crippen LogP contribution in [0.2, 0.25) is 0 Å². The van der Waals surface area contributed by atoms with E-state index in [0.29, 0.717) is 0 Å². The van der Waals surface area contributed by atoms with Crippen LogP contribution in [0.15, 0.2) is 0 Å². The van der Waals surface area contributed by atoms with Crippen LogP contribution in [0.1, 0.15) is 0 Å². The van der Waals surface area contributed by atoms with Crippen LogP contribution in [-0.4, -0.2) is 23.0 Å². The molecule has 0 unspecified atom stereocenters. The molecule has 0 amide bonds. The molecule has 0 aliphatic carbocycles.